The maximum atomic E-state index is 9.92. The number of aliphatic hydroxyl groups is 3. The molecule has 19 heavy (non-hydrogen) atoms. The Bertz CT molecular complexity index is 353. The second-order valence-electron chi connectivity index (χ2n) is 4.63. The van der Waals surface area contributed by atoms with Crippen LogP contribution < -0.4 is 9.64 Å². The molecule has 0 saturated heterocycles. The van der Waals surface area contributed by atoms with Gasteiger partial charge in [-0.1, -0.05) is 18.2 Å². The van der Waals surface area contributed by atoms with Crippen molar-refractivity contribution in [3.8, 4) is 5.75 Å². The fourth-order valence-corrected chi connectivity index (χ4v) is 1.94. The highest BCUT2D eigenvalue weighted by atomic mass is 16.5. The average Bonchev–Trinajstić information content (AvgIpc) is 2.38. The molecule has 1 aromatic rings. The molecule has 0 fully saturated rings. The highest BCUT2D eigenvalue weighted by Gasteiger charge is 2.15. The Balaban J connectivity index is 2.38. The number of rotatable bonds is 9. The SMILES string of the molecule is Cc1ccccc1OC[C@H](O)C[NH+](CCO)CCO. The van der Waals surface area contributed by atoms with Crippen molar-refractivity contribution in [1.29, 1.82) is 0 Å². The number of benzene rings is 1. The Kier molecular flexibility index (Phi) is 7.43. The summed E-state index contributed by atoms with van der Waals surface area (Å²) >= 11 is 0. The summed E-state index contributed by atoms with van der Waals surface area (Å²) in [6.45, 7) is 3.74. The second-order valence-corrected chi connectivity index (χ2v) is 4.63. The predicted molar refractivity (Wildman–Crippen MR) is 72.4 cm³/mol. The molecule has 0 saturated carbocycles. The van der Waals surface area contributed by atoms with Crippen molar-refractivity contribution < 1.29 is 25.0 Å². The number of quaternary nitrogens is 1. The molecule has 0 radical (unpaired) electrons. The van der Waals surface area contributed by atoms with Crippen LogP contribution in [0.15, 0.2) is 24.3 Å². The molecule has 0 heterocycles. The number of aryl methyl sites for hydroxylation is 1. The molecule has 1 atom stereocenters. The third-order valence-electron chi connectivity index (χ3n) is 2.98. The Hall–Kier alpha value is -1.14. The summed E-state index contributed by atoms with van der Waals surface area (Å²) in [4.78, 5) is 0.964. The zero-order chi connectivity index (χ0) is 14.1. The van der Waals surface area contributed by atoms with Gasteiger partial charge in [-0.15, -0.1) is 0 Å². The first kappa shape index (κ1) is 15.9. The minimum Gasteiger partial charge on any atom is -0.490 e. The predicted octanol–water partition coefficient (Wildman–Crippen LogP) is -1.40. The number of para-hydroxylation sites is 1. The van der Waals surface area contributed by atoms with Crippen LogP contribution in [0.5, 0.6) is 5.75 Å². The molecule has 1 rings (SSSR count). The number of aliphatic hydroxyl groups excluding tert-OH is 3. The summed E-state index contributed by atoms with van der Waals surface area (Å²) in [5.41, 5.74) is 1.03. The topological polar surface area (TPSA) is 74.4 Å². The quantitative estimate of drug-likeness (QED) is 0.445. The van der Waals surface area contributed by atoms with Gasteiger partial charge in [-0.25, -0.2) is 0 Å². The van der Waals surface area contributed by atoms with Crippen LogP contribution in [0.3, 0.4) is 0 Å². The van der Waals surface area contributed by atoms with Gasteiger partial charge in [-0.05, 0) is 18.6 Å². The van der Waals surface area contributed by atoms with Crippen molar-refractivity contribution in [2.45, 2.75) is 13.0 Å². The number of hydrogen-bond acceptors (Lipinski definition) is 4. The highest BCUT2D eigenvalue weighted by Crippen LogP contribution is 2.15. The number of ether oxygens (including phenoxy) is 1. The summed E-state index contributed by atoms with van der Waals surface area (Å²) in [6, 6.07) is 7.65. The van der Waals surface area contributed by atoms with E-state index >= 15 is 0 Å². The second kappa shape index (κ2) is 8.87. The van der Waals surface area contributed by atoms with Gasteiger partial charge in [0.05, 0.1) is 13.2 Å². The smallest absolute Gasteiger partial charge is 0.137 e. The van der Waals surface area contributed by atoms with Gasteiger partial charge in [0.2, 0.25) is 0 Å². The molecule has 108 valence electrons. The Morgan fingerprint density at radius 2 is 1.79 bits per heavy atom. The van der Waals surface area contributed by atoms with Gasteiger partial charge in [0.25, 0.3) is 0 Å². The fourth-order valence-electron chi connectivity index (χ4n) is 1.94. The Morgan fingerprint density at radius 1 is 1.16 bits per heavy atom. The van der Waals surface area contributed by atoms with Crippen LogP contribution in [0.4, 0.5) is 0 Å². The van der Waals surface area contributed by atoms with Gasteiger partial charge in [0.1, 0.15) is 38.1 Å². The van der Waals surface area contributed by atoms with Crippen LogP contribution in [0.2, 0.25) is 0 Å². The summed E-state index contributed by atoms with van der Waals surface area (Å²) in [7, 11) is 0. The lowest BCUT2D eigenvalue weighted by Gasteiger charge is -2.21. The van der Waals surface area contributed by atoms with Gasteiger partial charge in [-0.2, -0.15) is 0 Å². The molecule has 0 amide bonds. The summed E-state index contributed by atoms with van der Waals surface area (Å²) in [5.74, 6) is 0.771. The molecule has 0 aliphatic heterocycles. The molecular weight excluding hydrogens is 246 g/mol. The van der Waals surface area contributed by atoms with Gasteiger partial charge in [0, 0.05) is 0 Å². The molecule has 0 unspecified atom stereocenters. The van der Waals surface area contributed by atoms with Crippen molar-refractivity contribution in [1.82, 2.24) is 0 Å². The molecule has 0 aliphatic rings. The van der Waals surface area contributed by atoms with E-state index in [0.717, 1.165) is 16.2 Å². The molecule has 4 N–H and O–H groups in total. The lowest BCUT2D eigenvalue weighted by atomic mass is 10.2. The van der Waals surface area contributed by atoms with E-state index in [2.05, 4.69) is 0 Å². The van der Waals surface area contributed by atoms with Gasteiger partial charge >= 0.3 is 0 Å². The maximum Gasteiger partial charge on any atom is 0.137 e. The zero-order valence-corrected chi connectivity index (χ0v) is 11.4. The third-order valence-corrected chi connectivity index (χ3v) is 2.98. The van der Waals surface area contributed by atoms with E-state index in [-0.39, 0.29) is 19.8 Å². The molecule has 0 aliphatic carbocycles. The molecule has 5 nitrogen and oxygen atoms in total. The van der Waals surface area contributed by atoms with E-state index in [1.54, 1.807) is 0 Å². The fraction of sp³-hybridized carbons (Fsp3) is 0.571. The van der Waals surface area contributed by atoms with Crippen LogP contribution in [0.1, 0.15) is 5.56 Å². The monoisotopic (exact) mass is 270 g/mol. The van der Waals surface area contributed by atoms with E-state index < -0.39 is 6.10 Å². The number of hydrogen-bond donors (Lipinski definition) is 4. The van der Waals surface area contributed by atoms with Crippen molar-refractivity contribution in [2.24, 2.45) is 0 Å². The first-order valence-corrected chi connectivity index (χ1v) is 6.59. The van der Waals surface area contributed by atoms with E-state index in [9.17, 15) is 5.11 Å². The van der Waals surface area contributed by atoms with Crippen LogP contribution >= 0.6 is 0 Å². The van der Waals surface area contributed by atoms with Crippen molar-refractivity contribution in [3.05, 3.63) is 29.8 Å². The lowest BCUT2D eigenvalue weighted by Crippen LogP contribution is -3.14. The van der Waals surface area contributed by atoms with Crippen LogP contribution in [0, 0.1) is 6.92 Å². The molecule has 0 spiro atoms. The molecular formula is C14H24NO4+. The van der Waals surface area contributed by atoms with Crippen molar-refractivity contribution in [3.63, 3.8) is 0 Å². The maximum absolute atomic E-state index is 9.92. The van der Waals surface area contributed by atoms with Gasteiger partial charge in [-0.3, -0.25) is 0 Å². The van der Waals surface area contributed by atoms with Gasteiger partial charge < -0.3 is 25.0 Å². The van der Waals surface area contributed by atoms with E-state index in [1.165, 1.54) is 0 Å². The van der Waals surface area contributed by atoms with Crippen LogP contribution in [-0.4, -0.2) is 60.9 Å². The van der Waals surface area contributed by atoms with Crippen LogP contribution in [-0.2, 0) is 0 Å². The van der Waals surface area contributed by atoms with Crippen LogP contribution in [0.25, 0.3) is 0 Å². The average molecular weight is 270 g/mol. The summed E-state index contributed by atoms with van der Waals surface area (Å²) in [6.07, 6.45) is -0.618. The summed E-state index contributed by atoms with van der Waals surface area (Å²) in [5, 5.41) is 27.7. The first-order chi connectivity index (χ1) is 9.17. The molecule has 0 aromatic heterocycles. The Labute approximate surface area is 114 Å². The Morgan fingerprint density at radius 3 is 2.37 bits per heavy atom. The molecule has 5 heteroatoms. The van der Waals surface area contributed by atoms with Crippen molar-refractivity contribution >= 4 is 0 Å². The molecule has 1 aromatic carbocycles. The normalized spacial score (nSPS) is 12.7. The standard InChI is InChI=1S/C14H23NO4/c1-12-4-2-3-5-14(12)19-11-13(18)10-15(6-8-16)7-9-17/h2-5,13,16-18H,6-11H2,1H3/p+1/t13-/m1/s1. The summed E-state index contributed by atoms with van der Waals surface area (Å²) < 4.78 is 5.57. The van der Waals surface area contributed by atoms with E-state index in [1.807, 2.05) is 31.2 Å². The van der Waals surface area contributed by atoms with Crippen molar-refractivity contribution in [2.75, 3.05) is 39.5 Å². The van der Waals surface area contributed by atoms with Gasteiger partial charge in [0.15, 0.2) is 0 Å². The first-order valence-electron chi connectivity index (χ1n) is 6.59. The minimum atomic E-state index is -0.618. The minimum absolute atomic E-state index is 0.0424. The third kappa shape index (κ3) is 6.02. The highest BCUT2D eigenvalue weighted by molar-refractivity contribution is 5.31. The zero-order valence-electron chi connectivity index (χ0n) is 11.4. The molecule has 0 bridgehead atoms. The van der Waals surface area contributed by atoms with E-state index in [0.29, 0.717) is 19.6 Å². The lowest BCUT2D eigenvalue weighted by molar-refractivity contribution is -0.903. The van der Waals surface area contributed by atoms with E-state index in [4.69, 9.17) is 14.9 Å². The largest absolute Gasteiger partial charge is 0.490 e. The number of nitrogens with one attached hydrogen (secondary N) is 1.